The molecule has 3 fully saturated rings. The molecule has 32 heavy (non-hydrogen) atoms. The molecule has 0 aromatic heterocycles. The number of fused-ring (bicyclic) bond motifs is 5. The van der Waals surface area contributed by atoms with Gasteiger partial charge < -0.3 is 10.1 Å². The summed E-state index contributed by atoms with van der Waals surface area (Å²) in [6, 6.07) is 5.27. The Morgan fingerprint density at radius 2 is 1.72 bits per heavy atom. The molecule has 2 bridgehead atoms. The Morgan fingerprint density at radius 1 is 1.12 bits per heavy atom. The van der Waals surface area contributed by atoms with Gasteiger partial charge in [-0.25, -0.2) is 4.79 Å². The van der Waals surface area contributed by atoms with E-state index in [0.717, 1.165) is 11.3 Å². The standard InChI is InChI=1S/C22H22Br2N2O6/c1-9(22(31)32-8-15(28)25-12-5-3-4-11(6-12)10(2)27)26-20(29)16-13-7-14(17(16)21(26)30)19(24)18(13)23/h3-6,9,13-14,16-19H,7-8H2,1-2H3,(H,25,28)/t9-,13+,14+,16-,17+,18-,19+/m0/s1. The third kappa shape index (κ3) is 3.81. The molecule has 10 heteroatoms. The summed E-state index contributed by atoms with van der Waals surface area (Å²) in [5.74, 6) is -2.97. The SMILES string of the molecule is CC(=O)c1cccc(NC(=O)COC(=O)[C@H](C)N2C(=O)[C@@H]3[C@H]4C[C@@H]([C@H](Br)[C@@H]4Br)[C@@H]3C2=O)c1. The molecule has 7 atom stereocenters. The van der Waals surface area contributed by atoms with Crippen LogP contribution in [0.15, 0.2) is 24.3 Å². The number of Topliss-reactive ketones (excluding diaryl/α,β-unsaturated/α-hetero) is 1. The Labute approximate surface area is 201 Å². The van der Waals surface area contributed by atoms with Crippen molar-refractivity contribution in [2.45, 2.75) is 36.0 Å². The van der Waals surface area contributed by atoms with Gasteiger partial charge in [-0.3, -0.25) is 24.1 Å². The van der Waals surface area contributed by atoms with Gasteiger partial charge in [0, 0.05) is 20.9 Å². The average Bonchev–Trinajstić information content (AvgIpc) is 3.36. The summed E-state index contributed by atoms with van der Waals surface area (Å²) in [7, 11) is 0. The molecule has 3 amide bonds. The highest BCUT2D eigenvalue weighted by atomic mass is 79.9. The first kappa shape index (κ1) is 23.1. The van der Waals surface area contributed by atoms with E-state index in [1.165, 1.54) is 19.9 Å². The summed E-state index contributed by atoms with van der Waals surface area (Å²) in [5.41, 5.74) is 0.837. The van der Waals surface area contributed by atoms with Gasteiger partial charge in [-0.05, 0) is 44.2 Å². The van der Waals surface area contributed by atoms with Gasteiger partial charge in [-0.2, -0.15) is 0 Å². The van der Waals surface area contributed by atoms with Crippen molar-refractivity contribution in [2.24, 2.45) is 23.7 Å². The zero-order valence-corrected chi connectivity index (χ0v) is 20.6. The minimum absolute atomic E-state index is 0.0515. The van der Waals surface area contributed by atoms with Crippen LogP contribution in [0.2, 0.25) is 0 Å². The highest BCUT2D eigenvalue weighted by molar-refractivity contribution is 9.12. The summed E-state index contributed by atoms with van der Waals surface area (Å²) < 4.78 is 5.08. The number of ketones is 1. The van der Waals surface area contributed by atoms with Crippen LogP contribution >= 0.6 is 31.9 Å². The Morgan fingerprint density at radius 3 is 2.28 bits per heavy atom. The number of likely N-dealkylation sites (tertiary alicyclic amines) is 1. The van der Waals surface area contributed by atoms with Crippen molar-refractivity contribution in [2.75, 3.05) is 11.9 Å². The molecule has 0 spiro atoms. The molecule has 1 aromatic carbocycles. The zero-order valence-electron chi connectivity index (χ0n) is 17.4. The van der Waals surface area contributed by atoms with E-state index in [4.69, 9.17) is 4.74 Å². The molecule has 4 rings (SSSR count). The summed E-state index contributed by atoms with van der Waals surface area (Å²) in [6.07, 6.45) is 0.802. The first-order chi connectivity index (χ1) is 15.1. The van der Waals surface area contributed by atoms with Gasteiger partial charge in [0.15, 0.2) is 12.4 Å². The van der Waals surface area contributed by atoms with E-state index in [1.54, 1.807) is 18.2 Å². The number of amides is 3. The van der Waals surface area contributed by atoms with Crippen LogP contribution in [0.25, 0.3) is 0 Å². The van der Waals surface area contributed by atoms with Crippen LogP contribution in [-0.2, 0) is 23.9 Å². The van der Waals surface area contributed by atoms with Crippen molar-refractivity contribution < 1.29 is 28.7 Å². The van der Waals surface area contributed by atoms with E-state index in [0.29, 0.717) is 11.3 Å². The largest absolute Gasteiger partial charge is 0.454 e. The molecule has 1 saturated heterocycles. The fraction of sp³-hybridized carbons (Fsp3) is 0.500. The van der Waals surface area contributed by atoms with E-state index in [-0.39, 0.29) is 39.1 Å². The van der Waals surface area contributed by atoms with Gasteiger partial charge >= 0.3 is 5.97 Å². The van der Waals surface area contributed by atoms with E-state index in [1.807, 2.05) is 0 Å². The lowest BCUT2D eigenvalue weighted by molar-refractivity contribution is -0.159. The van der Waals surface area contributed by atoms with Gasteiger partial charge in [-0.1, -0.05) is 44.0 Å². The molecule has 8 nitrogen and oxygen atoms in total. The summed E-state index contributed by atoms with van der Waals surface area (Å²) in [5, 5.41) is 2.55. The molecule has 170 valence electrons. The van der Waals surface area contributed by atoms with Crippen LogP contribution in [0.5, 0.6) is 0 Å². The predicted octanol–water partition coefficient (Wildman–Crippen LogP) is 2.54. The first-order valence-corrected chi connectivity index (χ1v) is 12.2. The minimum Gasteiger partial charge on any atom is -0.454 e. The number of esters is 1. The van der Waals surface area contributed by atoms with E-state index < -0.39 is 36.4 Å². The highest BCUT2D eigenvalue weighted by Gasteiger charge is 2.67. The smallest absolute Gasteiger partial charge is 0.329 e. The summed E-state index contributed by atoms with van der Waals surface area (Å²) in [6.45, 7) is 2.28. The van der Waals surface area contributed by atoms with Crippen LogP contribution in [-0.4, -0.2) is 56.7 Å². The van der Waals surface area contributed by atoms with Gasteiger partial charge in [0.1, 0.15) is 6.04 Å². The van der Waals surface area contributed by atoms with Crippen molar-refractivity contribution in [3.8, 4) is 0 Å². The number of hydrogen-bond acceptors (Lipinski definition) is 6. The molecular formula is C22H22Br2N2O6. The molecule has 2 aliphatic carbocycles. The van der Waals surface area contributed by atoms with E-state index >= 15 is 0 Å². The molecular weight excluding hydrogens is 548 g/mol. The highest BCUT2D eigenvalue weighted by Crippen LogP contribution is 2.60. The molecule has 1 N–H and O–H groups in total. The van der Waals surface area contributed by atoms with Crippen LogP contribution < -0.4 is 5.32 Å². The maximum Gasteiger partial charge on any atom is 0.329 e. The minimum atomic E-state index is -1.11. The topological polar surface area (TPSA) is 110 Å². The zero-order chi connectivity index (χ0) is 23.3. The predicted molar refractivity (Wildman–Crippen MR) is 121 cm³/mol. The Hall–Kier alpha value is -2.07. The van der Waals surface area contributed by atoms with Gasteiger partial charge in [0.2, 0.25) is 11.8 Å². The monoisotopic (exact) mass is 568 g/mol. The number of carbonyl (C=O) groups excluding carboxylic acids is 5. The van der Waals surface area contributed by atoms with E-state index in [2.05, 4.69) is 37.2 Å². The molecule has 0 unspecified atom stereocenters. The van der Waals surface area contributed by atoms with Gasteiger partial charge in [0.05, 0.1) is 11.8 Å². The normalized spacial score (nSPS) is 31.4. The average molecular weight is 570 g/mol. The number of benzene rings is 1. The second-order valence-corrected chi connectivity index (χ2v) is 10.6. The number of halogens is 2. The summed E-state index contributed by atoms with van der Waals surface area (Å²) in [4.78, 5) is 63.4. The van der Waals surface area contributed by atoms with Crippen LogP contribution in [0.1, 0.15) is 30.6 Å². The third-order valence-electron chi connectivity index (χ3n) is 6.65. The van der Waals surface area contributed by atoms with E-state index in [9.17, 15) is 24.0 Å². The number of hydrogen-bond donors (Lipinski definition) is 1. The van der Waals surface area contributed by atoms with Gasteiger partial charge in [0.25, 0.3) is 5.91 Å². The Kier molecular flexibility index (Phi) is 6.28. The van der Waals surface area contributed by atoms with Crippen molar-refractivity contribution in [1.82, 2.24) is 4.90 Å². The quantitative estimate of drug-likeness (QED) is 0.244. The Bertz CT molecular complexity index is 982. The first-order valence-electron chi connectivity index (χ1n) is 10.3. The molecule has 3 aliphatic rings. The van der Waals surface area contributed by atoms with Gasteiger partial charge in [-0.15, -0.1) is 0 Å². The number of carbonyl (C=O) groups is 5. The number of imide groups is 1. The molecule has 1 aliphatic heterocycles. The third-order valence-corrected chi connectivity index (χ3v) is 9.85. The maximum absolute atomic E-state index is 13.0. The second-order valence-electron chi connectivity index (χ2n) is 8.52. The van der Waals surface area contributed by atoms with Crippen LogP contribution in [0.4, 0.5) is 5.69 Å². The van der Waals surface area contributed by atoms with Crippen LogP contribution in [0.3, 0.4) is 0 Å². The fourth-order valence-electron chi connectivity index (χ4n) is 5.13. The molecule has 0 radical (unpaired) electrons. The molecule has 1 heterocycles. The lowest BCUT2D eigenvalue weighted by Crippen LogP contribution is -2.45. The van der Waals surface area contributed by atoms with Crippen LogP contribution in [0, 0.1) is 23.7 Å². The van der Waals surface area contributed by atoms with Crippen molar-refractivity contribution in [3.05, 3.63) is 29.8 Å². The summed E-state index contributed by atoms with van der Waals surface area (Å²) >= 11 is 7.25. The molecule has 1 aromatic rings. The fourth-order valence-corrected chi connectivity index (χ4v) is 7.00. The number of nitrogens with zero attached hydrogens (tertiary/aromatic N) is 1. The molecule has 2 saturated carbocycles. The number of rotatable bonds is 6. The second kappa shape index (κ2) is 8.70. The Balaban J connectivity index is 1.36. The van der Waals surface area contributed by atoms with Crippen molar-refractivity contribution in [1.29, 1.82) is 0 Å². The number of ether oxygens (including phenoxy) is 1. The number of alkyl halides is 2. The van der Waals surface area contributed by atoms with Crippen molar-refractivity contribution >= 4 is 67.0 Å². The lowest BCUT2D eigenvalue weighted by Gasteiger charge is -2.28. The maximum atomic E-state index is 13.0. The lowest BCUT2D eigenvalue weighted by atomic mass is 9.81. The number of anilines is 1. The van der Waals surface area contributed by atoms with Crippen molar-refractivity contribution in [3.63, 3.8) is 0 Å². The number of nitrogens with one attached hydrogen (secondary N) is 1.